The molecule has 2 heterocycles. The van der Waals surface area contributed by atoms with E-state index in [4.69, 9.17) is 0 Å². The Kier molecular flexibility index (Phi) is 2.45. The van der Waals surface area contributed by atoms with Crippen molar-refractivity contribution >= 4 is 15.9 Å². The van der Waals surface area contributed by atoms with Gasteiger partial charge in [0, 0.05) is 12.1 Å². The maximum atomic E-state index is 13.5. The molecule has 0 unspecified atom stereocenters. The van der Waals surface area contributed by atoms with Crippen LogP contribution in [0.25, 0.3) is 5.65 Å². The van der Waals surface area contributed by atoms with E-state index in [9.17, 15) is 12.3 Å². The largest absolute Gasteiger partial charge is 0.350 e. The van der Waals surface area contributed by atoms with Gasteiger partial charge in [0.15, 0.2) is 5.03 Å². The van der Waals surface area contributed by atoms with Crippen molar-refractivity contribution in [2.24, 2.45) is 0 Å². The SMILES string of the molecule is Cc1ccn2c(S(=O)(=O)F)c(C3CCC3)nc2c1. The number of aromatic nitrogens is 2. The summed E-state index contributed by atoms with van der Waals surface area (Å²) in [6.07, 6.45) is 4.37. The van der Waals surface area contributed by atoms with E-state index < -0.39 is 10.2 Å². The van der Waals surface area contributed by atoms with E-state index in [-0.39, 0.29) is 10.9 Å². The van der Waals surface area contributed by atoms with Crippen molar-refractivity contribution in [2.75, 3.05) is 0 Å². The third kappa shape index (κ3) is 1.71. The van der Waals surface area contributed by atoms with Crippen molar-refractivity contribution in [2.45, 2.75) is 37.1 Å². The Labute approximate surface area is 105 Å². The van der Waals surface area contributed by atoms with Gasteiger partial charge < -0.3 is 0 Å². The number of hydrogen-bond acceptors (Lipinski definition) is 3. The quantitative estimate of drug-likeness (QED) is 0.787. The van der Waals surface area contributed by atoms with Crippen LogP contribution in [0, 0.1) is 6.92 Å². The molecule has 0 radical (unpaired) electrons. The number of pyridine rings is 1. The molecule has 0 atom stereocenters. The molecule has 0 amide bonds. The van der Waals surface area contributed by atoms with Gasteiger partial charge in [-0.15, -0.1) is 0 Å². The Morgan fingerprint density at radius 1 is 1.44 bits per heavy atom. The first kappa shape index (κ1) is 11.6. The lowest BCUT2D eigenvalue weighted by molar-refractivity contribution is 0.404. The lowest BCUT2D eigenvalue weighted by Crippen LogP contribution is -2.13. The molecular formula is C12H13FN2O2S. The van der Waals surface area contributed by atoms with Crippen molar-refractivity contribution in [1.29, 1.82) is 0 Å². The number of halogens is 1. The maximum absolute atomic E-state index is 13.5. The smallest absolute Gasteiger partial charge is 0.288 e. The van der Waals surface area contributed by atoms with Gasteiger partial charge in [0.05, 0.1) is 5.69 Å². The molecule has 2 aromatic rings. The molecule has 1 aliphatic carbocycles. The minimum atomic E-state index is -4.75. The van der Waals surface area contributed by atoms with E-state index in [1.165, 1.54) is 4.40 Å². The minimum Gasteiger partial charge on any atom is -0.288 e. The summed E-state index contributed by atoms with van der Waals surface area (Å²) in [7, 11) is -4.75. The summed E-state index contributed by atoms with van der Waals surface area (Å²) in [5.74, 6) is 0.0748. The predicted molar refractivity (Wildman–Crippen MR) is 64.8 cm³/mol. The van der Waals surface area contributed by atoms with E-state index >= 15 is 0 Å². The van der Waals surface area contributed by atoms with E-state index in [2.05, 4.69) is 4.98 Å². The second kappa shape index (κ2) is 3.78. The molecule has 0 N–H and O–H groups in total. The first-order chi connectivity index (χ1) is 8.47. The van der Waals surface area contributed by atoms with Gasteiger partial charge >= 0.3 is 10.2 Å². The Bertz CT molecular complexity index is 717. The highest BCUT2D eigenvalue weighted by molar-refractivity contribution is 7.86. The fraction of sp³-hybridized carbons (Fsp3) is 0.417. The molecule has 0 saturated heterocycles. The van der Waals surface area contributed by atoms with E-state index in [0.717, 1.165) is 24.8 Å². The molecule has 0 bridgehead atoms. The van der Waals surface area contributed by atoms with E-state index in [1.54, 1.807) is 18.3 Å². The van der Waals surface area contributed by atoms with Crippen molar-refractivity contribution in [3.63, 3.8) is 0 Å². The van der Waals surface area contributed by atoms with Crippen LogP contribution in [0.3, 0.4) is 0 Å². The molecule has 0 spiro atoms. The van der Waals surface area contributed by atoms with Crippen LogP contribution >= 0.6 is 0 Å². The fourth-order valence-corrected chi connectivity index (χ4v) is 3.18. The van der Waals surface area contributed by atoms with Gasteiger partial charge in [-0.2, -0.15) is 8.42 Å². The van der Waals surface area contributed by atoms with E-state index in [0.29, 0.717) is 11.3 Å². The van der Waals surface area contributed by atoms with Crippen LogP contribution in [-0.2, 0) is 10.2 Å². The van der Waals surface area contributed by atoms with Crippen LogP contribution in [0.5, 0.6) is 0 Å². The van der Waals surface area contributed by atoms with Crippen LogP contribution in [0.2, 0.25) is 0 Å². The number of nitrogens with zero attached hydrogens (tertiary/aromatic N) is 2. The van der Waals surface area contributed by atoms with Gasteiger partial charge in [0.2, 0.25) is 0 Å². The molecular weight excluding hydrogens is 255 g/mol. The average Bonchev–Trinajstić information content (AvgIpc) is 2.51. The van der Waals surface area contributed by atoms with Crippen LogP contribution in [-0.4, -0.2) is 17.8 Å². The van der Waals surface area contributed by atoms with Gasteiger partial charge in [-0.25, -0.2) is 4.98 Å². The average molecular weight is 268 g/mol. The summed E-state index contributed by atoms with van der Waals surface area (Å²) in [6, 6.07) is 3.50. The molecule has 1 saturated carbocycles. The summed E-state index contributed by atoms with van der Waals surface area (Å²) in [4.78, 5) is 4.31. The second-order valence-electron chi connectivity index (χ2n) is 4.80. The minimum absolute atomic E-state index is 0.0748. The Morgan fingerprint density at radius 3 is 2.72 bits per heavy atom. The Balaban J connectivity index is 2.33. The highest BCUT2D eigenvalue weighted by Crippen LogP contribution is 2.39. The summed E-state index contributed by atoms with van der Waals surface area (Å²) in [5.41, 5.74) is 1.85. The first-order valence-electron chi connectivity index (χ1n) is 5.90. The topological polar surface area (TPSA) is 51.4 Å². The molecule has 0 aliphatic heterocycles. The summed E-state index contributed by atoms with van der Waals surface area (Å²) < 4.78 is 37.5. The first-order valence-corrected chi connectivity index (χ1v) is 7.28. The molecule has 3 rings (SSSR count). The molecule has 2 aromatic heterocycles. The number of fused-ring (bicyclic) bond motifs is 1. The van der Waals surface area contributed by atoms with Gasteiger partial charge in [0.1, 0.15) is 5.65 Å². The Morgan fingerprint density at radius 2 is 2.17 bits per heavy atom. The third-order valence-corrected chi connectivity index (χ3v) is 4.35. The second-order valence-corrected chi connectivity index (χ2v) is 6.06. The van der Waals surface area contributed by atoms with Crippen LogP contribution in [0.1, 0.15) is 36.4 Å². The molecule has 96 valence electrons. The summed E-state index contributed by atoms with van der Waals surface area (Å²) in [5, 5.41) is -0.290. The van der Waals surface area contributed by atoms with Crippen molar-refractivity contribution in [3.8, 4) is 0 Å². The van der Waals surface area contributed by atoms with Gasteiger partial charge in [0.25, 0.3) is 0 Å². The zero-order chi connectivity index (χ0) is 12.9. The summed E-state index contributed by atoms with van der Waals surface area (Å²) in [6.45, 7) is 1.89. The number of aryl methyl sites for hydroxylation is 1. The van der Waals surface area contributed by atoms with Gasteiger partial charge in [-0.3, -0.25) is 4.40 Å². The normalized spacial score (nSPS) is 17.0. The van der Waals surface area contributed by atoms with Crippen LogP contribution in [0.15, 0.2) is 23.4 Å². The van der Waals surface area contributed by atoms with Crippen molar-refractivity contribution < 1.29 is 12.3 Å². The molecule has 1 fully saturated rings. The van der Waals surface area contributed by atoms with Crippen molar-refractivity contribution in [3.05, 3.63) is 29.6 Å². The monoisotopic (exact) mass is 268 g/mol. The summed E-state index contributed by atoms with van der Waals surface area (Å²) >= 11 is 0. The van der Waals surface area contributed by atoms with Crippen LogP contribution < -0.4 is 0 Å². The van der Waals surface area contributed by atoms with E-state index in [1.807, 2.05) is 6.92 Å². The van der Waals surface area contributed by atoms with Crippen molar-refractivity contribution in [1.82, 2.24) is 9.38 Å². The molecule has 6 heteroatoms. The van der Waals surface area contributed by atoms with Crippen LogP contribution in [0.4, 0.5) is 3.89 Å². The highest BCUT2D eigenvalue weighted by atomic mass is 32.3. The van der Waals surface area contributed by atoms with Gasteiger partial charge in [-0.1, -0.05) is 10.3 Å². The molecule has 1 aliphatic rings. The van der Waals surface area contributed by atoms with Gasteiger partial charge in [-0.05, 0) is 37.5 Å². The predicted octanol–water partition coefficient (Wildman–Crippen LogP) is 2.57. The molecule has 18 heavy (non-hydrogen) atoms. The molecule has 0 aromatic carbocycles. The number of rotatable bonds is 2. The number of imidazole rings is 1. The zero-order valence-corrected chi connectivity index (χ0v) is 10.7. The maximum Gasteiger partial charge on any atom is 0.350 e. The lowest BCUT2D eigenvalue weighted by atomic mass is 9.83. The zero-order valence-electron chi connectivity index (χ0n) is 9.93. The highest BCUT2D eigenvalue weighted by Gasteiger charge is 2.32. The number of hydrogen-bond donors (Lipinski definition) is 0. The lowest BCUT2D eigenvalue weighted by Gasteiger charge is -2.23. The standard InChI is InChI=1S/C12H13FN2O2S/c1-8-5-6-15-10(7-8)14-11(9-3-2-4-9)12(15)18(13,16)17/h5-7,9H,2-4H2,1H3. The Hall–Kier alpha value is -1.43. The third-order valence-electron chi connectivity index (χ3n) is 3.49. The fourth-order valence-electron chi connectivity index (χ4n) is 2.33. The molecule has 4 nitrogen and oxygen atoms in total.